The summed E-state index contributed by atoms with van der Waals surface area (Å²) in [5, 5.41) is 2.91. The number of carbonyl (C=O) groups excluding carboxylic acids is 3. The second-order valence-corrected chi connectivity index (χ2v) is 8.26. The van der Waals surface area contributed by atoms with Gasteiger partial charge in [-0.15, -0.1) is 11.8 Å². The van der Waals surface area contributed by atoms with Gasteiger partial charge >= 0.3 is 0 Å². The van der Waals surface area contributed by atoms with E-state index < -0.39 is 11.9 Å². The summed E-state index contributed by atoms with van der Waals surface area (Å²) < 4.78 is 0. The molecule has 1 aliphatic rings. The van der Waals surface area contributed by atoms with Gasteiger partial charge in [0.2, 0.25) is 11.8 Å². The third-order valence-corrected chi connectivity index (χ3v) is 6.09. The van der Waals surface area contributed by atoms with Gasteiger partial charge < -0.3 is 21.7 Å². The standard InChI is InChI=1S/C22H26N4O3S/c1-2-3-10-25-21(28)16-8-9-19-18(11-16)26(22(29)17(23)13-30-19)12-14-4-6-15(7-5-14)20(24)27/h4-9,11,17H,2-3,10,12-13,23H2,1H3,(H2,24,27)(H,25,28)/t17-/m0/s1. The minimum absolute atomic E-state index is 0.164. The molecule has 2 aromatic rings. The highest BCUT2D eigenvalue weighted by Crippen LogP contribution is 2.35. The summed E-state index contributed by atoms with van der Waals surface area (Å²) in [6.45, 7) is 2.95. The first-order valence-electron chi connectivity index (χ1n) is 9.91. The molecule has 0 unspecified atom stereocenters. The lowest BCUT2D eigenvalue weighted by atomic mass is 10.1. The van der Waals surface area contributed by atoms with E-state index in [0.717, 1.165) is 23.3 Å². The van der Waals surface area contributed by atoms with E-state index in [2.05, 4.69) is 12.2 Å². The minimum Gasteiger partial charge on any atom is -0.366 e. The highest BCUT2D eigenvalue weighted by molar-refractivity contribution is 7.99. The van der Waals surface area contributed by atoms with Crippen molar-refractivity contribution < 1.29 is 14.4 Å². The van der Waals surface area contributed by atoms with Crippen LogP contribution in [-0.4, -0.2) is 36.1 Å². The molecule has 0 bridgehead atoms. The first kappa shape index (κ1) is 21.9. The van der Waals surface area contributed by atoms with Crippen LogP contribution in [0.15, 0.2) is 47.4 Å². The molecule has 5 N–H and O–H groups in total. The van der Waals surface area contributed by atoms with Gasteiger partial charge in [-0.1, -0.05) is 25.5 Å². The first-order valence-corrected chi connectivity index (χ1v) is 10.9. The number of fused-ring (bicyclic) bond motifs is 1. The van der Waals surface area contributed by atoms with Crippen molar-refractivity contribution in [1.82, 2.24) is 5.32 Å². The normalized spacial score (nSPS) is 16.0. The molecule has 0 spiro atoms. The predicted octanol–water partition coefficient (Wildman–Crippen LogP) is 2.28. The van der Waals surface area contributed by atoms with Crippen LogP contribution >= 0.6 is 11.8 Å². The molecule has 0 aromatic heterocycles. The Morgan fingerprint density at radius 1 is 1.17 bits per heavy atom. The molecule has 0 radical (unpaired) electrons. The molecule has 1 atom stereocenters. The van der Waals surface area contributed by atoms with Crippen molar-refractivity contribution in [2.24, 2.45) is 11.5 Å². The predicted molar refractivity (Wildman–Crippen MR) is 119 cm³/mol. The number of thioether (sulfide) groups is 1. The fourth-order valence-electron chi connectivity index (χ4n) is 3.16. The molecule has 0 saturated heterocycles. The molecular formula is C22H26N4O3S. The zero-order valence-electron chi connectivity index (χ0n) is 16.9. The number of anilines is 1. The van der Waals surface area contributed by atoms with Crippen LogP contribution in [0, 0.1) is 0 Å². The Morgan fingerprint density at radius 3 is 2.53 bits per heavy atom. The molecular weight excluding hydrogens is 400 g/mol. The summed E-state index contributed by atoms with van der Waals surface area (Å²) >= 11 is 1.50. The summed E-state index contributed by atoms with van der Waals surface area (Å²) in [5.41, 5.74) is 13.8. The van der Waals surface area contributed by atoms with Gasteiger partial charge in [0.05, 0.1) is 18.3 Å². The summed E-state index contributed by atoms with van der Waals surface area (Å²) in [6, 6.07) is 11.5. The Balaban J connectivity index is 1.91. The molecule has 7 nitrogen and oxygen atoms in total. The van der Waals surface area contributed by atoms with Gasteiger partial charge in [-0.2, -0.15) is 0 Å². The van der Waals surface area contributed by atoms with Crippen LogP contribution < -0.4 is 21.7 Å². The fourth-order valence-corrected chi connectivity index (χ4v) is 4.15. The lowest BCUT2D eigenvalue weighted by molar-refractivity contribution is -0.119. The van der Waals surface area contributed by atoms with Gasteiger partial charge in [0.1, 0.15) is 0 Å². The van der Waals surface area contributed by atoms with Crippen molar-refractivity contribution in [1.29, 1.82) is 0 Å². The van der Waals surface area contributed by atoms with Crippen molar-refractivity contribution in [2.75, 3.05) is 17.2 Å². The number of rotatable bonds is 7. The van der Waals surface area contributed by atoms with E-state index in [0.29, 0.717) is 29.1 Å². The third kappa shape index (κ3) is 5.01. The first-order chi connectivity index (χ1) is 14.4. The Hall–Kier alpha value is -2.84. The highest BCUT2D eigenvalue weighted by Gasteiger charge is 2.29. The van der Waals surface area contributed by atoms with Crippen molar-refractivity contribution >= 4 is 35.2 Å². The second kappa shape index (κ2) is 9.77. The van der Waals surface area contributed by atoms with Crippen LogP contribution in [0.2, 0.25) is 0 Å². The number of hydrogen-bond acceptors (Lipinski definition) is 5. The van der Waals surface area contributed by atoms with Crippen LogP contribution in [0.1, 0.15) is 46.0 Å². The largest absolute Gasteiger partial charge is 0.366 e. The maximum absolute atomic E-state index is 13.0. The van der Waals surface area contributed by atoms with Crippen molar-refractivity contribution in [3.8, 4) is 0 Å². The van der Waals surface area contributed by atoms with Gasteiger partial charge in [-0.05, 0) is 42.3 Å². The number of carbonyl (C=O) groups is 3. The topological polar surface area (TPSA) is 119 Å². The molecule has 3 amide bonds. The molecule has 3 rings (SSSR count). The van der Waals surface area contributed by atoms with Crippen molar-refractivity contribution in [3.05, 3.63) is 59.2 Å². The molecule has 2 aromatic carbocycles. The average Bonchev–Trinajstić information content (AvgIpc) is 2.86. The Morgan fingerprint density at radius 2 is 1.87 bits per heavy atom. The van der Waals surface area contributed by atoms with Gasteiger partial charge in [0, 0.05) is 28.3 Å². The van der Waals surface area contributed by atoms with E-state index in [9.17, 15) is 14.4 Å². The lowest BCUT2D eigenvalue weighted by Gasteiger charge is -2.25. The minimum atomic E-state index is -0.644. The number of benzene rings is 2. The van der Waals surface area contributed by atoms with Crippen LogP contribution in [-0.2, 0) is 11.3 Å². The van der Waals surface area contributed by atoms with Gasteiger partial charge in [-0.3, -0.25) is 14.4 Å². The second-order valence-electron chi connectivity index (χ2n) is 7.20. The van der Waals surface area contributed by atoms with E-state index in [1.54, 1.807) is 41.3 Å². The van der Waals surface area contributed by atoms with E-state index in [1.165, 1.54) is 11.8 Å². The summed E-state index contributed by atoms with van der Waals surface area (Å²) in [4.78, 5) is 39.3. The maximum Gasteiger partial charge on any atom is 0.251 e. The van der Waals surface area contributed by atoms with Gasteiger partial charge in [-0.25, -0.2) is 0 Å². The molecule has 0 aliphatic carbocycles. The Kier molecular flexibility index (Phi) is 7.12. The van der Waals surface area contributed by atoms with Crippen LogP contribution in [0.25, 0.3) is 0 Å². The average molecular weight is 427 g/mol. The van der Waals surface area contributed by atoms with Gasteiger partial charge in [0.25, 0.3) is 5.91 Å². The number of nitrogens with one attached hydrogen (secondary N) is 1. The summed E-state index contributed by atoms with van der Waals surface area (Å²) in [5.74, 6) is -0.410. The van der Waals surface area contributed by atoms with Crippen LogP contribution in [0.4, 0.5) is 5.69 Å². The van der Waals surface area contributed by atoms with Crippen LogP contribution in [0.5, 0.6) is 0 Å². The van der Waals surface area contributed by atoms with E-state index in [1.807, 2.05) is 6.07 Å². The number of nitrogens with two attached hydrogens (primary N) is 2. The number of amides is 3. The van der Waals surface area contributed by atoms with E-state index >= 15 is 0 Å². The lowest BCUT2D eigenvalue weighted by Crippen LogP contribution is -2.44. The van der Waals surface area contributed by atoms with E-state index in [-0.39, 0.29) is 18.4 Å². The van der Waals surface area contributed by atoms with Gasteiger partial charge in [0.15, 0.2) is 0 Å². The van der Waals surface area contributed by atoms with E-state index in [4.69, 9.17) is 11.5 Å². The molecule has 30 heavy (non-hydrogen) atoms. The number of hydrogen-bond donors (Lipinski definition) is 3. The molecule has 1 heterocycles. The zero-order valence-corrected chi connectivity index (χ0v) is 17.7. The highest BCUT2D eigenvalue weighted by atomic mass is 32.2. The third-order valence-electron chi connectivity index (χ3n) is 4.91. The molecule has 8 heteroatoms. The Labute approximate surface area is 180 Å². The monoisotopic (exact) mass is 426 g/mol. The Bertz CT molecular complexity index is 946. The molecule has 1 aliphatic heterocycles. The number of unbranched alkanes of at least 4 members (excludes halogenated alkanes) is 1. The fraction of sp³-hybridized carbons (Fsp3) is 0.318. The smallest absolute Gasteiger partial charge is 0.251 e. The number of nitrogens with zero attached hydrogens (tertiary/aromatic N) is 1. The van der Waals surface area contributed by atoms with Crippen molar-refractivity contribution in [2.45, 2.75) is 37.2 Å². The quantitative estimate of drug-likeness (QED) is 0.587. The van der Waals surface area contributed by atoms with Crippen molar-refractivity contribution in [3.63, 3.8) is 0 Å². The number of primary amides is 1. The summed E-state index contributed by atoms with van der Waals surface area (Å²) in [6.07, 6.45) is 1.91. The zero-order chi connectivity index (χ0) is 21.7. The van der Waals surface area contributed by atoms with Crippen LogP contribution in [0.3, 0.4) is 0 Å². The summed E-state index contributed by atoms with van der Waals surface area (Å²) in [7, 11) is 0. The molecule has 0 fully saturated rings. The molecule has 0 saturated carbocycles. The maximum atomic E-state index is 13.0. The SMILES string of the molecule is CCCCNC(=O)c1ccc2c(c1)N(Cc1ccc(C(N)=O)cc1)C(=O)[C@@H](N)CS2. The molecule has 158 valence electrons.